The molecule has 0 heterocycles. The highest BCUT2D eigenvalue weighted by molar-refractivity contribution is 7.80. The number of rotatable bonds is 5. The molecule has 1 unspecified atom stereocenters. The van der Waals surface area contributed by atoms with Crippen molar-refractivity contribution in [1.29, 1.82) is 0 Å². The fourth-order valence-electron chi connectivity index (χ4n) is 1.95. The maximum atomic E-state index is 10.7. The summed E-state index contributed by atoms with van der Waals surface area (Å²) in [5.74, 6) is 0. The average Bonchev–Trinajstić information content (AvgIpc) is 2.33. The van der Waals surface area contributed by atoms with E-state index in [1.54, 1.807) is 0 Å². The lowest BCUT2D eigenvalue weighted by Gasteiger charge is -2.07. The molecule has 2 aromatic carbocycles. The molecular weight excluding hydrogens is 271 g/mol. The average molecular weight is 285 g/mol. The summed E-state index contributed by atoms with van der Waals surface area (Å²) in [6.45, 7) is -3.68. The third kappa shape index (κ3) is 3.82. The Balaban J connectivity index is 2.02. The van der Waals surface area contributed by atoms with Crippen LogP contribution < -0.4 is 0 Å². The molecule has 0 aliphatic heterocycles. The molecule has 0 aromatic heterocycles. The van der Waals surface area contributed by atoms with E-state index in [9.17, 15) is 4.57 Å². The van der Waals surface area contributed by atoms with Crippen LogP contribution in [-0.2, 0) is 15.5 Å². The first-order valence-electron chi connectivity index (χ1n) is 5.70. The second kappa shape index (κ2) is 5.85. The summed E-state index contributed by atoms with van der Waals surface area (Å²) < 4.78 is 15.4. The van der Waals surface area contributed by atoms with Crippen LogP contribution in [0.2, 0.25) is 0 Å². The molecule has 0 saturated carbocycles. The minimum absolute atomic E-state index is 0.181. The minimum atomic E-state index is -3.86. The number of benzene rings is 2. The van der Waals surface area contributed by atoms with Gasteiger partial charge in [0.25, 0.3) is 0 Å². The van der Waals surface area contributed by atoms with Gasteiger partial charge in [-0.3, -0.25) is 4.52 Å². The van der Waals surface area contributed by atoms with Crippen molar-refractivity contribution in [3.05, 3.63) is 48.0 Å². The molecule has 0 fully saturated rings. The predicted octanol–water partition coefficient (Wildman–Crippen LogP) is 4.13. The molecule has 3 nitrogen and oxygen atoms in total. The van der Waals surface area contributed by atoms with Crippen LogP contribution in [0.3, 0.4) is 0 Å². The van der Waals surface area contributed by atoms with E-state index in [-0.39, 0.29) is 6.61 Å². The van der Waals surface area contributed by atoms with E-state index in [0.29, 0.717) is 6.42 Å². The van der Waals surface area contributed by atoms with E-state index >= 15 is 0 Å². The highest BCUT2D eigenvalue weighted by atomic mass is 35.7. The highest BCUT2D eigenvalue weighted by Crippen LogP contribution is 2.47. The summed E-state index contributed by atoms with van der Waals surface area (Å²) in [6.07, 6.45) is 1.45. The van der Waals surface area contributed by atoms with Crippen molar-refractivity contribution in [2.75, 3.05) is 6.61 Å². The Morgan fingerprint density at radius 3 is 2.67 bits per heavy atom. The van der Waals surface area contributed by atoms with Gasteiger partial charge >= 0.3 is 6.95 Å². The van der Waals surface area contributed by atoms with Crippen molar-refractivity contribution in [3.63, 3.8) is 0 Å². The number of hydrogen-bond acceptors (Lipinski definition) is 2. The zero-order valence-corrected chi connectivity index (χ0v) is 11.4. The Morgan fingerprint density at radius 1 is 1.17 bits per heavy atom. The van der Waals surface area contributed by atoms with Crippen molar-refractivity contribution in [2.45, 2.75) is 12.8 Å². The lowest BCUT2D eigenvalue weighted by molar-refractivity contribution is 0.270. The van der Waals surface area contributed by atoms with Gasteiger partial charge in [0.2, 0.25) is 0 Å². The maximum absolute atomic E-state index is 10.7. The number of aryl methyl sites for hydroxylation is 1. The van der Waals surface area contributed by atoms with Crippen LogP contribution in [0.25, 0.3) is 10.8 Å². The molecule has 0 amide bonds. The molecule has 0 saturated heterocycles. The molecule has 0 radical (unpaired) electrons. The van der Waals surface area contributed by atoms with Gasteiger partial charge in [-0.2, -0.15) is 0 Å². The molecule has 0 bridgehead atoms. The summed E-state index contributed by atoms with van der Waals surface area (Å²) in [4.78, 5) is 8.79. The number of halogens is 1. The molecule has 5 heteroatoms. The van der Waals surface area contributed by atoms with Crippen molar-refractivity contribution < 1.29 is 14.0 Å². The Bertz CT molecular complexity index is 574. The van der Waals surface area contributed by atoms with Crippen LogP contribution in [0.4, 0.5) is 0 Å². The Hall–Kier alpha value is -0.860. The largest absolute Gasteiger partial charge is 0.421 e. The summed E-state index contributed by atoms with van der Waals surface area (Å²) in [5.41, 5.74) is 1.21. The first kappa shape index (κ1) is 13.6. The SMILES string of the molecule is O=P(O)(Cl)OCCCc1cccc2ccccc12. The van der Waals surface area contributed by atoms with Crippen molar-refractivity contribution >= 4 is 29.0 Å². The highest BCUT2D eigenvalue weighted by Gasteiger charge is 2.12. The lowest BCUT2D eigenvalue weighted by atomic mass is 10.0. The van der Waals surface area contributed by atoms with Gasteiger partial charge in [-0.1, -0.05) is 42.5 Å². The summed E-state index contributed by atoms with van der Waals surface area (Å²) in [7, 11) is 0. The molecule has 2 rings (SSSR count). The monoisotopic (exact) mass is 284 g/mol. The standard InChI is InChI=1S/C13H14ClO3P/c14-18(15,16)17-10-4-8-12-7-3-6-11-5-1-2-9-13(11)12/h1-3,5-7,9H,4,8,10H2,(H,15,16). The minimum Gasteiger partial charge on any atom is -0.313 e. The van der Waals surface area contributed by atoms with Crippen molar-refractivity contribution in [3.8, 4) is 0 Å². The molecule has 0 aliphatic rings. The quantitative estimate of drug-likeness (QED) is 0.663. The fraction of sp³-hybridized carbons (Fsp3) is 0.231. The number of hydrogen-bond donors (Lipinski definition) is 1. The van der Waals surface area contributed by atoms with Gasteiger partial charge < -0.3 is 4.89 Å². The van der Waals surface area contributed by atoms with Crippen LogP contribution in [0, 0.1) is 0 Å². The van der Waals surface area contributed by atoms with Crippen LogP contribution in [0.5, 0.6) is 0 Å². The lowest BCUT2D eigenvalue weighted by Crippen LogP contribution is -1.94. The van der Waals surface area contributed by atoms with Gasteiger partial charge in [0.05, 0.1) is 6.61 Å². The summed E-state index contributed by atoms with van der Waals surface area (Å²) in [6, 6.07) is 14.3. The molecule has 1 atom stereocenters. The molecule has 0 spiro atoms. The second-order valence-electron chi connectivity index (χ2n) is 4.03. The van der Waals surface area contributed by atoms with Crippen LogP contribution >= 0.6 is 18.2 Å². The normalized spacial score (nSPS) is 14.6. The van der Waals surface area contributed by atoms with Gasteiger partial charge in [-0.05, 0) is 29.2 Å². The van der Waals surface area contributed by atoms with Crippen LogP contribution in [0.1, 0.15) is 12.0 Å². The summed E-state index contributed by atoms with van der Waals surface area (Å²) in [5, 5.41) is 2.40. The van der Waals surface area contributed by atoms with Crippen LogP contribution in [0.15, 0.2) is 42.5 Å². The van der Waals surface area contributed by atoms with Gasteiger partial charge in [-0.25, -0.2) is 4.57 Å². The molecule has 18 heavy (non-hydrogen) atoms. The molecule has 96 valence electrons. The first-order chi connectivity index (χ1) is 8.56. The van der Waals surface area contributed by atoms with E-state index in [0.717, 1.165) is 6.42 Å². The third-order valence-corrected chi connectivity index (χ3v) is 3.51. The molecule has 0 aliphatic carbocycles. The zero-order valence-electron chi connectivity index (χ0n) is 9.75. The van der Waals surface area contributed by atoms with E-state index in [1.807, 2.05) is 18.2 Å². The zero-order chi connectivity index (χ0) is 13.0. The maximum Gasteiger partial charge on any atom is 0.421 e. The van der Waals surface area contributed by atoms with Crippen molar-refractivity contribution in [1.82, 2.24) is 0 Å². The van der Waals surface area contributed by atoms with Crippen LogP contribution in [-0.4, -0.2) is 11.5 Å². The molecular formula is C13H14ClO3P. The third-order valence-electron chi connectivity index (χ3n) is 2.72. The Kier molecular flexibility index (Phi) is 4.41. The second-order valence-corrected chi connectivity index (χ2v) is 6.47. The van der Waals surface area contributed by atoms with Gasteiger partial charge in [0, 0.05) is 11.2 Å². The topological polar surface area (TPSA) is 46.5 Å². The molecule has 2 aromatic rings. The first-order valence-corrected chi connectivity index (χ1v) is 8.18. The Morgan fingerprint density at radius 2 is 1.89 bits per heavy atom. The summed E-state index contributed by atoms with van der Waals surface area (Å²) >= 11 is 5.10. The van der Waals surface area contributed by atoms with E-state index in [1.165, 1.54) is 16.3 Å². The van der Waals surface area contributed by atoms with E-state index in [2.05, 4.69) is 28.8 Å². The van der Waals surface area contributed by atoms with Gasteiger partial charge in [-0.15, -0.1) is 0 Å². The van der Waals surface area contributed by atoms with E-state index < -0.39 is 6.95 Å². The van der Waals surface area contributed by atoms with Crippen molar-refractivity contribution in [2.24, 2.45) is 0 Å². The Labute approximate surface area is 111 Å². The number of fused-ring (bicyclic) bond motifs is 1. The van der Waals surface area contributed by atoms with Gasteiger partial charge in [0.15, 0.2) is 0 Å². The smallest absolute Gasteiger partial charge is 0.313 e. The van der Waals surface area contributed by atoms with E-state index in [4.69, 9.17) is 16.1 Å². The fourth-order valence-corrected chi connectivity index (χ4v) is 2.51. The van der Waals surface area contributed by atoms with Gasteiger partial charge in [0.1, 0.15) is 0 Å². The predicted molar refractivity (Wildman–Crippen MR) is 73.9 cm³/mol. The molecule has 1 N–H and O–H groups in total.